The van der Waals surface area contributed by atoms with E-state index in [1.165, 1.54) is 6.92 Å². The lowest BCUT2D eigenvalue weighted by atomic mass is 10.2. The molecule has 1 rings (SSSR count). The Morgan fingerprint density at radius 1 is 1.47 bits per heavy atom. The van der Waals surface area contributed by atoms with Gasteiger partial charge in [0.05, 0.1) is 6.10 Å². The van der Waals surface area contributed by atoms with Crippen molar-refractivity contribution < 1.29 is 24.3 Å². The van der Waals surface area contributed by atoms with Gasteiger partial charge in [0.2, 0.25) is 5.89 Å². The van der Waals surface area contributed by atoms with Crippen LogP contribution in [0.25, 0.3) is 0 Å². The SMILES string of the molecule is Cc1noc(CCNC(=O)NC(C(=O)O)C(C)O)n1. The molecule has 0 fully saturated rings. The maximum atomic E-state index is 11.4. The zero-order valence-electron chi connectivity index (χ0n) is 10.6. The first-order valence-electron chi connectivity index (χ1n) is 5.64. The lowest BCUT2D eigenvalue weighted by Gasteiger charge is -2.17. The fourth-order valence-electron chi connectivity index (χ4n) is 1.31. The molecule has 19 heavy (non-hydrogen) atoms. The van der Waals surface area contributed by atoms with Crippen LogP contribution in [0, 0.1) is 6.92 Å². The number of aromatic nitrogens is 2. The molecule has 2 atom stereocenters. The minimum absolute atomic E-state index is 0.208. The molecule has 1 heterocycles. The average Bonchev–Trinajstić information content (AvgIpc) is 2.71. The van der Waals surface area contributed by atoms with Crippen LogP contribution in [-0.2, 0) is 11.2 Å². The van der Waals surface area contributed by atoms with Crippen molar-refractivity contribution in [1.82, 2.24) is 20.8 Å². The second kappa shape index (κ2) is 6.69. The average molecular weight is 272 g/mol. The van der Waals surface area contributed by atoms with Gasteiger partial charge >= 0.3 is 12.0 Å². The molecule has 9 heteroatoms. The van der Waals surface area contributed by atoms with Crippen molar-refractivity contribution in [2.45, 2.75) is 32.4 Å². The van der Waals surface area contributed by atoms with Gasteiger partial charge in [-0.15, -0.1) is 0 Å². The minimum atomic E-state index is -1.36. The highest BCUT2D eigenvalue weighted by Crippen LogP contribution is 1.96. The number of aliphatic hydroxyl groups is 1. The summed E-state index contributed by atoms with van der Waals surface area (Å²) in [6, 6.07) is -2.05. The van der Waals surface area contributed by atoms with E-state index in [-0.39, 0.29) is 6.54 Å². The molecule has 0 bridgehead atoms. The largest absolute Gasteiger partial charge is 0.480 e. The van der Waals surface area contributed by atoms with Gasteiger partial charge in [-0.25, -0.2) is 9.59 Å². The summed E-state index contributed by atoms with van der Waals surface area (Å²) in [7, 11) is 0. The first-order chi connectivity index (χ1) is 8.90. The molecule has 9 nitrogen and oxygen atoms in total. The van der Waals surface area contributed by atoms with Crippen molar-refractivity contribution in [3.63, 3.8) is 0 Å². The number of hydrogen-bond donors (Lipinski definition) is 4. The van der Waals surface area contributed by atoms with Crippen LogP contribution in [0.15, 0.2) is 4.52 Å². The normalized spacial score (nSPS) is 13.6. The monoisotopic (exact) mass is 272 g/mol. The molecule has 0 aliphatic heterocycles. The Bertz CT molecular complexity index is 445. The Morgan fingerprint density at radius 3 is 2.63 bits per heavy atom. The summed E-state index contributed by atoms with van der Waals surface area (Å²) in [5.41, 5.74) is 0. The van der Waals surface area contributed by atoms with E-state index in [1.807, 2.05) is 0 Å². The lowest BCUT2D eigenvalue weighted by molar-refractivity contribution is -0.141. The van der Waals surface area contributed by atoms with E-state index >= 15 is 0 Å². The molecule has 106 valence electrons. The van der Waals surface area contributed by atoms with Gasteiger partial charge in [-0.2, -0.15) is 4.98 Å². The summed E-state index contributed by atoms with van der Waals surface area (Å²) >= 11 is 0. The van der Waals surface area contributed by atoms with Crippen molar-refractivity contribution in [3.8, 4) is 0 Å². The van der Waals surface area contributed by atoms with Gasteiger partial charge in [0.15, 0.2) is 11.9 Å². The molecule has 0 saturated carbocycles. The van der Waals surface area contributed by atoms with Crippen molar-refractivity contribution in [3.05, 3.63) is 11.7 Å². The van der Waals surface area contributed by atoms with E-state index in [4.69, 9.17) is 9.63 Å². The summed E-state index contributed by atoms with van der Waals surface area (Å²) in [4.78, 5) is 26.1. The topological polar surface area (TPSA) is 138 Å². The molecule has 0 spiro atoms. The third kappa shape index (κ3) is 4.92. The van der Waals surface area contributed by atoms with Crippen molar-refractivity contribution >= 4 is 12.0 Å². The molecule has 0 saturated heterocycles. The Balaban J connectivity index is 2.33. The zero-order chi connectivity index (χ0) is 14.4. The van der Waals surface area contributed by atoms with Crippen molar-refractivity contribution in [2.75, 3.05) is 6.54 Å². The number of carbonyl (C=O) groups excluding carboxylic acids is 1. The number of nitrogens with one attached hydrogen (secondary N) is 2. The van der Waals surface area contributed by atoms with E-state index in [9.17, 15) is 14.7 Å². The van der Waals surface area contributed by atoms with Crippen LogP contribution < -0.4 is 10.6 Å². The van der Waals surface area contributed by atoms with Gasteiger partial charge in [0, 0.05) is 13.0 Å². The zero-order valence-corrected chi connectivity index (χ0v) is 10.6. The number of carbonyl (C=O) groups is 2. The van der Waals surface area contributed by atoms with E-state index in [1.54, 1.807) is 6.92 Å². The van der Waals surface area contributed by atoms with Gasteiger partial charge in [0.25, 0.3) is 0 Å². The molecule has 2 amide bonds. The Kier molecular flexibility index (Phi) is 5.24. The highest BCUT2D eigenvalue weighted by Gasteiger charge is 2.24. The van der Waals surface area contributed by atoms with Crippen LogP contribution in [0.3, 0.4) is 0 Å². The molecule has 0 aliphatic rings. The minimum Gasteiger partial charge on any atom is -0.480 e. The number of hydrogen-bond acceptors (Lipinski definition) is 6. The number of carboxylic acids is 1. The number of amides is 2. The lowest BCUT2D eigenvalue weighted by Crippen LogP contribution is -2.51. The maximum Gasteiger partial charge on any atom is 0.328 e. The molecule has 0 aromatic carbocycles. The van der Waals surface area contributed by atoms with Crippen LogP contribution in [0.5, 0.6) is 0 Å². The fourth-order valence-corrected chi connectivity index (χ4v) is 1.31. The highest BCUT2D eigenvalue weighted by atomic mass is 16.5. The Labute approximate surface area is 109 Å². The van der Waals surface area contributed by atoms with E-state index in [2.05, 4.69) is 20.8 Å². The number of nitrogens with zero attached hydrogens (tertiary/aromatic N) is 2. The summed E-state index contributed by atoms with van der Waals surface area (Å²) in [6.07, 6.45) is -0.859. The predicted octanol–water partition coefficient (Wildman–Crippen LogP) is -0.946. The molecule has 0 aliphatic carbocycles. The van der Waals surface area contributed by atoms with E-state index < -0.39 is 24.1 Å². The maximum absolute atomic E-state index is 11.4. The number of aryl methyl sites for hydroxylation is 1. The molecular formula is C10H16N4O5. The van der Waals surface area contributed by atoms with Crippen molar-refractivity contribution in [1.29, 1.82) is 0 Å². The third-order valence-electron chi connectivity index (χ3n) is 2.23. The quantitative estimate of drug-likeness (QED) is 0.524. The smallest absolute Gasteiger partial charge is 0.328 e. The molecule has 1 aromatic heterocycles. The van der Waals surface area contributed by atoms with Crippen molar-refractivity contribution in [2.24, 2.45) is 0 Å². The van der Waals surface area contributed by atoms with E-state index in [0.717, 1.165) is 0 Å². The Hall–Kier alpha value is -2.16. The van der Waals surface area contributed by atoms with Gasteiger partial charge in [-0.3, -0.25) is 0 Å². The summed E-state index contributed by atoms with van der Waals surface area (Å²) in [5.74, 6) is -0.430. The van der Waals surface area contributed by atoms with Gasteiger partial charge in [-0.05, 0) is 13.8 Å². The number of rotatable bonds is 6. The number of aliphatic carboxylic acids is 1. The number of carboxylic acid groups (broad SMARTS) is 1. The third-order valence-corrected chi connectivity index (χ3v) is 2.23. The van der Waals surface area contributed by atoms with Crippen LogP contribution in [0.2, 0.25) is 0 Å². The van der Waals surface area contributed by atoms with Crippen LogP contribution in [0.1, 0.15) is 18.6 Å². The summed E-state index contributed by atoms with van der Waals surface area (Å²) in [5, 5.41) is 26.1. The first kappa shape index (κ1) is 14.9. The first-order valence-corrected chi connectivity index (χ1v) is 5.64. The molecular weight excluding hydrogens is 256 g/mol. The van der Waals surface area contributed by atoms with Gasteiger partial charge in [-0.1, -0.05) is 5.16 Å². The van der Waals surface area contributed by atoms with Crippen LogP contribution in [0.4, 0.5) is 4.79 Å². The molecule has 1 aromatic rings. The standard InChI is InChI=1S/C10H16N4O5/c1-5(15)8(9(16)17)13-10(18)11-4-3-7-12-6(2)14-19-7/h5,8,15H,3-4H2,1-2H3,(H,16,17)(H2,11,13,18). The second-order valence-corrected chi connectivity index (χ2v) is 3.94. The molecule has 2 unspecified atom stereocenters. The summed E-state index contributed by atoms with van der Waals surface area (Å²) < 4.78 is 4.84. The number of urea groups is 1. The Morgan fingerprint density at radius 2 is 2.16 bits per heavy atom. The number of aliphatic hydroxyl groups excluding tert-OH is 1. The van der Waals surface area contributed by atoms with Gasteiger partial charge < -0.3 is 25.4 Å². The summed E-state index contributed by atoms with van der Waals surface area (Å²) in [6.45, 7) is 3.16. The predicted molar refractivity (Wildman–Crippen MR) is 62.4 cm³/mol. The van der Waals surface area contributed by atoms with Crippen LogP contribution >= 0.6 is 0 Å². The fraction of sp³-hybridized carbons (Fsp3) is 0.600. The second-order valence-electron chi connectivity index (χ2n) is 3.94. The van der Waals surface area contributed by atoms with Gasteiger partial charge in [0.1, 0.15) is 0 Å². The highest BCUT2D eigenvalue weighted by molar-refractivity contribution is 5.82. The van der Waals surface area contributed by atoms with Crippen LogP contribution in [-0.4, -0.2) is 51.0 Å². The molecule has 4 N–H and O–H groups in total. The molecule has 0 radical (unpaired) electrons. The van der Waals surface area contributed by atoms with E-state index in [0.29, 0.717) is 18.1 Å².